The van der Waals surface area contributed by atoms with Gasteiger partial charge in [-0.15, -0.1) is 0 Å². The van der Waals surface area contributed by atoms with Gasteiger partial charge in [0.2, 0.25) is 5.95 Å². The monoisotopic (exact) mass is 275 g/mol. The highest BCUT2D eigenvalue weighted by atomic mass is 16.5. The predicted octanol–water partition coefficient (Wildman–Crippen LogP) is -0.586. The topological polar surface area (TPSA) is 120 Å². The number of hydrazone groups is 1. The van der Waals surface area contributed by atoms with Crippen molar-refractivity contribution in [1.82, 2.24) is 25.6 Å². The molecule has 20 heavy (non-hydrogen) atoms. The van der Waals surface area contributed by atoms with E-state index in [1.165, 1.54) is 6.21 Å². The Bertz CT molecular complexity index is 623. The fourth-order valence-corrected chi connectivity index (χ4v) is 1.44. The van der Waals surface area contributed by atoms with Crippen LogP contribution < -0.4 is 15.9 Å². The van der Waals surface area contributed by atoms with E-state index >= 15 is 0 Å². The first kappa shape index (κ1) is 13.5. The van der Waals surface area contributed by atoms with E-state index in [4.69, 9.17) is 10.5 Å². The van der Waals surface area contributed by atoms with Gasteiger partial charge in [0, 0.05) is 5.56 Å². The summed E-state index contributed by atoms with van der Waals surface area (Å²) in [5.41, 5.74) is 8.54. The van der Waals surface area contributed by atoms with E-state index in [1.807, 2.05) is 18.2 Å². The number of amides is 1. The number of hydrogen-bond acceptors (Lipinski definition) is 7. The van der Waals surface area contributed by atoms with Crippen LogP contribution in [0.3, 0.4) is 0 Å². The van der Waals surface area contributed by atoms with Gasteiger partial charge in [0.05, 0.1) is 13.3 Å². The van der Waals surface area contributed by atoms with Crippen LogP contribution in [0.25, 0.3) is 0 Å². The molecular formula is C11H13N7O2. The van der Waals surface area contributed by atoms with Crippen molar-refractivity contribution in [2.24, 2.45) is 5.10 Å². The zero-order chi connectivity index (χ0) is 14.4. The molecule has 0 saturated heterocycles. The zero-order valence-electron chi connectivity index (χ0n) is 10.7. The second-order valence-electron chi connectivity index (χ2n) is 3.73. The molecule has 2 aromatic rings. The minimum Gasteiger partial charge on any atom is -0.496 e. The van der Waals surface area contributed by atoms with Gasteiger partial charge in [0.25, 0.3) is 5.91 Å². The molecule has 104 valence electrons. The Kier molecular flexibility index (Phi) is 4.22. The van der Waals surface area contributed by atoms with E-state index in [2.05, 4.69) is 26.1 Å². The first-order valence-corrected chi connectivity index (χ1v) is 5.67. The number of benzene rings is 1. The van der Waals surface area contributed by atoms with Gasteiger partial charge in [-0.3, -0.25) is 4.79 Å². The molecule has 0 bridgehead atoms. The quantitative estimate of drug-likeness (QED) is 0.556. The summed E-state index contributed by atoms with van der Waals surface area (Å²) in [7, 11) is 1.56. The Morgan fingerprint density at radius 1 is 1.55 bits per heavy atom. The van der Waals surface area contributed by atoms with Crippen molar-refractivity contribution >= 4 is 18.1 Å². The lowest BCUT2D eigenvalue weighted by molar-refractivity contribution is -0.121. The van der Waals surface area contributed by atoms with Gasteiger partial charge in [-0.25, -0.2) is 10.1 Å². The number of aromatic nitrogens is 4. The number of carbonyl (C=O) groups is 1. The molecule has 0 spiro atoms. The summed E-state index contributed by atoms with van der Waals surface area (Å²) < 4.78 is 6.31. The number of rotatable bonds is 5. The summed E-state index contributed by atoms with van der Waals surface area (Å²) in [4.78, 5) is 11.6. The summed E-state index contributed by atoms with van der Waals surface area (Å²) in [6, 6.07) is 7.29. The lowest BCUT2D eigenvalue weighted by Crippen LogP contribution is -2.24. The Balaban J connectivity index is 1.93. The van der Waals surface area contributed by atoms with Crippen molar-refractivity contribution in [2.45, 2.75) is 6.54 Å². The minimum absolute atomic E-state index is 0.0638. The fraction of sp³-hybridized carbons (Fsp3) is 0.182. The second kappa shape index (κ2) is 6.27. The number of nitrogen functional groups attached to an aromatic ring is 1. The largest absolute Gasteiger partial charge is 0.496 e. The van der Waals surface area contributed by atoms with Crippen LogP contribution in [0.1, 0.15) is 5.56 Å². The van der Waals surface area contributed by atoms with Crippen LogP contribution in [0.15, 0.2) is 29.4 Å². The number of anilines is 1. The van der Waals surface area contributed by atoms with E-state index in [1.54, 1.807) is 13.2 Å². The van der Waals surface area contributed by atoms with Crippen molar-refractivity contribution in [3.05, 3.63) is 29.8 Å². The summed E-state index contributed by atoms with van der Waals surface area (Å²) in [6.07, 6.45) is 1.49. The number of carbonyl (C=O) groups excluding carboxylic acids is 1. The molecule has 1 heterocycles. The normalized spacial score (nSPS) is 10.7. The molecule has 0 atom stereocenters. The van der Waals surface area contributed by atoms with E-state index in [0.29, 0.717) is 5.75 Å². The molecule has 1 aromatic heterocycles. The maximum atomic E-state index is 11.6. The van der Waals surface area contributed by atoms with Crippen molar-refractivity contribution in [2.75, 3.05) is 12.8 Å². The molecule has 9 nitrogen and oxygen atoms in total. The predicted molar refractivity (Wildman–Crippen MR) is 71.0 cm³/mol. The standard InChI is InChI=1S/C11H13N7O2/c1-20-9-5-3-2-4-8(9)6-13-14-10(19)7-18-11(12)15-16-17-18/h2-6H,7H2,1H3,(H,14,19)(H2,12,15,17)/b13-6+. The van der Waals surface area contributed by atoms with Gasteiger partial charge in [0.15, 0.2) is 0 Å². The summed E-state index contributed by atoms with van der Waals surface area (Å²) in [5.74, 6) is 0.333. The Morgan fingerprint density at radius 3 is 3.05 bits per heavy atom. The summed E-state index contributed by atoms with van der Waals surface area (Å²) in [5, 5.41) is 14.2. The molecule has 0 fully saturated rings. The SMILES string of the molecule is COc1ccccc1/C=N/NC(=O)Cn1nnnc1N. The number of nitrogens with zero attached hydrogens (tertiary/aromatic N) is 5. The smallest absolute Gasteiger partial charge is 0.261 e. The maximum absolute atomic E-state index is 11.6. The molecule has 0 unspecified atom stereocenters. The highest BCUT2D eigenvalue weighted by Gasteiger charge is 2.06. The van der Waals surface area contributed by atoms with Crippen LogP contribution in [0, 0.1) is 0 Å². The maximum Gasteiger partial charge on any atom is 0.261 e. The van der Waals surface area contributed by atoms with Crippen molar-refractivity contribution in [3.8, 4) is 5.75 Å². The fourth-order valence-electron chi connectivity index (χ4n) is 1.44. The number of tetrazole rings is 1. The zero-order valence-corrected chi connectivity index (χ0v) is 10.7. The molecule has 1 aromatic carbocycles. The molecule has 0 saturated carbocycles. The first-order valence-electron chi connectivity index (χ1n) is 5.67. The van der Waals surface area contributed by atoms with Gasteiger partial charge in [0.1, 0.15) is 12.3 Å². The summed E-state index contributed by atoms with van der Waals surface area (Å²) in [6.45, 7) is -0.109. The number of ether oxygens (including phenoxy) is 1. The second-order valence-corrected chi connectivity index (χ2v) is 3.73. The van der Waals surface area contributed by atoms with E-state index in [-0.39, 0.29) is 12.5 Å². The van der Waals surface area contributed by atoms with Crippen LogP contribution in [0.5, 0.6) is 5.75 Å². The highest BCUT2D eigenvalue weighted by molar-refractivity contribution is 5.85. The van der Waals surface area contributed by atoms with Crippen LogP contribution in [-0.4, -0.2) is 39.4 Å². The van der Waals surface area contributed by atoms with Crippen molar-refractivity contribution in [3.63, 3.8) is 0 Å². The highest BCUT2D eigenvalue weighted by Crippen LogP contribution is 2.14. The van der Waals surface area contributed by atoms with E-state index in [9.17, 15) is 4.79 Å². The molecule has 0 aliphatic heterocycles. The van der Waals surface area contributed by atoms with Crippen LogP contribution in [-0.2, 0) is 11.3 Å². The molecule has 1 amide bonds. The molecule has 3 N–H and O–H groups in total. The summed E-state index contributed by atoms with van der Waals surface area (Å²) >= 11 is 0. The Morgan fingerprint density at radius 2 is 2.35 bits per heavy atom. The molecular weight excluding hydrogens is 262 g/mol. The lowest BCUT2D eigenvalue weighted by Gasteiger charge is -2.03. The van der Waals surface area contributed by atoms with Crippen molar-refractivity contribution < 1.29 is 9.53 Å². The molecule has 0 radical (unpaired) electrons. The number of methoxy groups -OCH3 is 1. The average molecular weight is 275 g/mol. The van der Waals surface area contributed by atoms with Crippen LogP contribution >= 0.6 is 0 Å². The van der Waals surface area contributed by atoms with Gasteiger partial charge >= 0.3 is 0 Å². The van der Waals surface area contributed by atoms with Crippen LogP contribution in [0.2, 0.25) is 0 Å². The van der Waals surface area contributed by atoms with Crippen LogP contribution in [0.4, 0.5) is 5.95 Å². The number of hydrogen-bond donors (Lipinski definition) is 2. The minimum atomic E-state index is -0.393. The van der Waals surface area contributed by atoms with Gasteiger partial charge in [-0.1, -0.05) is 17.2 Å². The van der Waals surface area contributed by atoms with Gasteiger partial charge < -0.3 is 10.5 Å². The lowest BCUT2D eigenvalue weighted by atomic mass is 10.2. The third-order valence-corrected chi connectivity index (χ3v) is 2.38. The Hall–Kier alpha value is -2.97. The van der Waals surface area contributed by atoms with Crippen molar-refractivity contribution in [1.29, 1.82) is 0 Å². The molecule has 0 aliphatic carbocycles. The van der Waals surface area contributed by atoms with Gasteiger partial charge in [-0.2, -0.15) is 5.10 Å². The number of nitrogens with two attached hydrogens (primary N) is 1. The average Bonchev–Trinajstić information content (AvgIpc) is 2.85. The Labute approximate surface area is 114 Å². The first-order chi connectivity index (χ1) is 9.70. The number of nitrogens with one attached hydrogen (secondary N) is 1. The molecule has 9 heteroatoms. The third kappa shape index (κ3) is 3.28. The number of para-hydroxylation sites is 1. The third-order valence-electron chi connectivity index (χ3n) is 2.38. The van der Waals surface area contributed by atoms with E-state index in [0.717, 1.165) is 10.2 Å². The van der Waals surface area contributed by atoms with Gasteiger partial charge in [-0.05, 0) is 22.6 Å². The molecule has 2 rings (SSSR count). The van der Waals surface area contributed by atoms with E-state index < -0.39 is 5.91 Å². The molecule has 0 aliphatic rings.